The molecular formula is C15H11Cl2N3O. The fourth-order valence-corrected chi connectivity index (χ4v) is 2.11. The van der Waals surface area contributed by atoms with E-state index in [4.69, 9.17) is 27.7 Å². The number of nitrogens with one attached hydrogen (secondary N) is 1. The maximum atomic E-state index is 5.96. The van der Waals surface area contributed by atoms with E-state index in [1.165, 1.54) is 0 Å². The van der Waals surface area contributed by atoms with Crippen LogP contribution in [0.4, 0.5) is 5.69 Å². The van der Waals surface area contributed by atoms with Gasteiger partial charge in [-0.25, -0.2) is 0 Å². The Balaban J connectivity index is 1.69. The summed E-state index contributed by atoms with van der Waals surface area (Å²) in [5, 5.41) is 8.13. The second-order valence-electron chi connectivity index (χ2n) is 4.36. The molecule has 0 saturated carbocycles. The highest BCUT2D eigenvalue weighted by Gasteiger charge is 2.08. The molecule has 4 nitrogen and oxygen atoms in total. The van der Waals surface area contributed by atoms with Crippen molar-refractivity contribution >= 4 is 28.9 Å². The molecule has 3 rings (SSSR count). The highest BCUT2D eigenvalue weighted by Crippen LogP contribution is 2.25. The standard InChI is InChI=1S/C15H11Cl2N3O/c16-12-7-6-11(8-13(12)17)18-9-14-19-15(20-21-14)10-4-2-1-3-5-10/h1-8,18H,9H2. The third kappa shape index (κ3) is 3.35. The van der Waals surface area contributed by atoms with Crippen molar-refractivity contribution in [2.24, 2.45) is 0 Å². The van der Waals surface area contributed by atoms with Crippen LogP contribution in [0.15, 0.2) is 53.1 Å². The van der Waals surface area contributed by atoms with Crippen LogP contribution in [-0.4, -0.2) is 10.1 Å². The third-order valence-corrected chi connectivity index (χ3v) is 3.60. The first kappa shape index (κ1) is 13.9. The zero-order chi connectivity index (χ0) is 14.7. The Kier molecular flexibility index (Phi) is 4.08. The molecule has 3 aromatic rings. The SMILES string of the molecule is Clc1ccc(NCc2nc(-c3ccccc3)no2)cc1Cl. The quantitative estimate of drug-likeness (QED) is 0.760. The molecule has 0 radical (unpaired) electrons. The first-order chi connectivity index (χ1) is 10.2. The van der Waals surface area contributed by atoms with Gasteiger partial charge >= 0.3 is 0 Å². The summed E-state index contributed by atoms with van der Waals surface area (Å²) in [7, 11) is 0. The van der Waals surface area contributed by atoms with Gasteiger partial charge in [0, 0.05) is 11.3 Å². The van der Waals surface area contributed by atoms with E-state index < -0.39 is 0 Å². The van der Waals surface area contributed by atoms with Gasteiger partial charge in [-0.15, -0.1) is 0 Å². The molecule has 106 valence electrons. The lowest BCUT2D eigenvalue weighted by Crippen LogP contribution is -1.99. The van der Waals surface area contributed by atoms with Crippen LogP contribution in [0, 0.1) is 0 Å². The van der Waals surface area contributed by atoms with Gasteiger partial charge in [0.15, 0.2) is 0 Å². The van der Waals surface area contributed by atoms with Crippen molar-refractivity contribution in [3.05, 3.63) is 64.5 Å². The van der Waals surface area contributed by atoms with Crippen molar-refractivity contribution in [2.45, 2.75) is 6.54 Å². The minimum atomic E-state index is 0.414. The van der Waals surface area contributed by atoms with Crippen molar-refractivity contribution in [3.8, 4) is 11.4 Å². The van der Waals surface area contributed by atoms with Gasteiger partial charge in [0.05, 0.1) is 16.6 Å². The summed E-state index contributed by atoms with van der Waals surface area (Å²) >= 11 is 11.8. The number of rotatable bonds is 4. The highest BCUT2D eigenvalue weighted by molar-refractivity contribution is 6.42. The number of hydrogen-bond donors (Lipinski definition) is 1. The second-order valence-corrected chi connectivity index (χ2v) is 5.17. The molecule has 1 N–H and O–H groups in total. The molecule has 2 aromatic carbocycles. The van der Waals surface area contributed by atoms with Gasteiger partial charge in [-0.05, 0) is 18.2 Å². The Hall–Kier alpha value is -2.04. The second kappa shape index (κ2) is 6.16. The monoisotopic (exact) mass is 319 g/mol. The van der Waals surface area contributed by atoms with Crippen LogP contribution in [0.5, 0.6) is 0 Å². The summed E-state index contributed by atoms with van der Waals surface area (Å²) in [4.78, 5) is 4.34. The van der Waals surface area contributed by atoms with E-state index in [0.717, 1.165) is 11.3 Å². The molecule has 1 aromatic heterocycles. The Bertz CT molecular complexity index is 744. The fraction of sp³-hybridized carbons (Fsp3) is 0.0667. The highest BCUT2D eigenvalue weighted by atomic mass is 35.5. The van der Waals surface area contributed by atoms with Crippen LogP contribution in [0.25, 0.3) is 11.4 Å². The number of nitrogens with zero attached hydrogens (tertiary/aromatic N) is 2. The molecule has 6 heteroatoms. The molecule has 0 unspecified atom stereocenters. The van der Waals surface area contributed by atoms with E-state index in [9.17, 15) is 0 Å². The summed E-state index contributed by atoms with van der Waals surface area (Å²) in [5.41, 5.74) is 1.76. The zero-order valence-electron chi connectivity index (χ0n) is 10.9. The van der Waals surface area contributed by atoms with E-state index in [1.54, 1.807) is 12.1 Å². The predicted molar refractivity (Wildman–Crippen MR) is 83.5 cm³/mol. The molecule has 0 bridgehead atoms. The Morgan fingerprint density at radius 3 is 2.57 bits per heavy atom. The lowest BCUT2D eigenvalue weighted by atomic mass is 10.2. The number of anilines is 1. The van der Waals surface area contributed by atoms with Gasteiger partial charge in [0.2, 0.25) is 11.7 Å². The number of hydrogen-bond acceptors (Lipinski definition) is 4. The molecule has 0 amide bonds. The minimum absolute atomic E-state index is 0.414. The molecule has 0 saturated heterocycles. The summed E-state index contributed by atoms with van der Waals surface area (Å²) in [6, 6.07) is 15.0. The van der Waals surface area contributed by atoms with Crippen LogP contribution >= 0.6 is 23.2 Å². The maximum Gasteiger partial charge on any atom is 0.246 e. The molecule has 0 aliphatic carbocycles. The van der Waals surface area contributed by atoms with Crippen LogP contribution < -0.4 is 5.32 Å². The Morgan fingerprint density at radius 2 is 1.81 bits per heavy atom. The molecule has 21 heavy (non-hydrogen) atoms. The van der Waals surface area contributed by atoms with Crippen molar-refractivity contribution < 1.29 is 4.52 Å². The molecule has 1 heterocycles. The van der Waals surface area contributed by atoms with E-state index in [-0.39, 0.29) is 0 Å². The van der Waals surface area contributed by atoms with Gasteiger partial charge in [-0.1, -0.05) is 58.7 Å². The van der Waals surface area contributed by atoms with Gasteiger partial charge in [-0.3, -0.25) is 0 Å². The minimum Gasteiger partial charge on any atom is -0.376 e. The van der Waals surface area contributed by atoms with Gasteiger partial charge in [0.1, 0.15) is 0 Å². The van der Waals surface area contributed by atoms with Crippen molar-refractivity contribution in [1.29, 1.82) is 0 Å². The number of benzene rings is 2. The lowest BCUT2D eigenvalue weighted by Gasteiger charge is -2.04. The van der Waals surface area contributed by atoms with Crippen molar-refractivity contribution in [2.75, 3.05) is 5.32 Å². The molecule has 0 spiro atoms. The van der Waals surface area contributed by atoms with E-state index >= 15 is 0 Å². The summed E-state index contributed by atoms with van der Waals surface area (Å²) in [5.74, 6) is 1.07. The Morgan fingerprint density at radius 1 is 1.00 bits per heavy atom. The van der Waals surface area contributed by atoms with E-state index in [0.29, 0.717) is 28.3 Å². The summed E-state index contributed by atoms with van der Waals surface area (Å²) in [6.45, 7) is 0.414. The normalized spacial score (nSPS) is 10.6. The molecule has 0 aliphatic rings. The van der Waals surface area contributed by atoms with Crippen molar-refractivity contribution in [3.63, 3.8) is 0 Å². The van der Waals surface area contributed by atoms with Gasteiger partial charge in [0.25, 0.3) is 0 Å². The summed E-state index contributed by atoms with van der Waals surface area (Å²) in [6.07, 6.45) is 0. The first-order valence-corrected chi connectivity index (χ1v) is 7.05. The zero-order valence-corrected chi connectivity index (χ0v) is 12.4. The van der Waals surface area contributed by atoms with Crippen LogP contribution in [0.2, 0.25) is 10.0 Å². The fourth-order valence-electron chi connectivity index (χ4n) is 1.81. The Labute approximate surface area is 131 Å². The lowest BCUT2D eigenvalue weighted by molar-refractivity contribution is 0.384. The molecule has 0 fully saturated rings. The van der Waals surface area contributed by atoms with Crippen LogP contribution in [-0.2, 0) is 6.54 Å². The van der Waals surface area contributed by atoms with Crippen LogP contribution in [0.1, 0.15) is 5.89 Å². The smallest absolute Gasteiger partial charge is 0.246 e. The average Bonchev–Trinajstić information content (AvgIpc) is 2.98. The molecule has 0 atom stereocenters. The number of aromatic nitrogens is 2. The molecule has 0 aliphatic heterocycles. The summed E-state index contributed by atoms with van der Waals surface area (Å²) < 4.78 is 5.21. The average molecular weight is 320 g/mol. The van der Waals surface area contributed by atoms with E-state index in [2.05, 4.69) is 15.5 Å². The first-order valence-electron chi connectivity index (χ1n) is 6.29. The van der Waals surface area contributed by atoms with Gasteiger partial charge < -0.3 is 9.84 Å². The maximum absolute atomic E-state index is 5.96. The van der Waals surface area contributed by atoms with Crippen LogP contribution in [0.3, 0.4) is 0 Å². The van der Waals surface area contributed by atoms with E-state index in [1.807, 2.05) is 36.4 Å². The molecular weight excluding hydrogens is 309 g/mol. The largest absolute Gasteiger partial charge is 0.376 e. The number of halogens is 2. The van der Waals surface area contributed by atoms with Crippen molar-refractivity contribution in [1.82, 2.24) is 10.1 Å². The third-order valence-electron chi connectivity index (χ3n) is 2.86. The topological polar surface area (TPSA) is 51.0 Å². The predicted octanol–water partition coefficient (Wildman–Crippen LogP) is 4.66. The van der Waals surface area contributed by atoms with Gasteiger partial charge in [-0.2, -0.15) is 4.98 Å².